The van der Waals surface area contributed by atoms with Crippen molar-refractivity contribution in [2.24, 2.45) is 0 Å². The largest absolute Gasteiger partial charge is 2.00 e. The molecule has 1 radical (unpaired) electrons. The molecule has 0 unspecified atom stereocenters. The smallest absolute Gasteiger partial charge is 0.748 e. The second kappa shape index (κ2) is 9.82. The summed E-state index contributed by atoms with van der Waals surface area (Å²) >= 11 is 0. The van der Waals surface area contributed by atoms with Gasteiger partial charge in [0, 0.05) is 0 Å². The Labute approximate surface area is 146 Å². The van der Waals surface area contributed by atoms with Gasteiger partial charge < -0.3 is 9.11 Å². The van der Waals surface area contributed by atoms with Crippen LogP contribution in [0.1, 0.15) is 11.1 Å². The molecule has 2 rings (SSSR count). The van der Waals surface area contributed by atoms with Crippen LogP contribution in [0.15, 0.2) is 60.7 Å². The van der Waals surface area contributed by atoms with Crippen LogP contribution in [-0.4, -0.2) is 25.9 Å². The van der Waals surface area contributed by atoms with Crippen LogP contribution in [0.25, 0.3) is 0 Å². The molecule has 0 amide bonds. The summed E-state index contributed by atoms with van der Waals surface area (Å²) in [5.74, 6) is -0.846. The molecule has 9 heteroatoms. The third kappa shape index (κ3) is 11.9. The van der Waals surface area contributed by atoms with E-state index in [-0.39, 0.29) is 17.1 Å². The molecular formula is C14H14CuO6S2. The molecule has 0 fully saturated rings. The number of rotatable bonds is 4. The van der Waals surface area contributed by atoms with E-state index in [0.29, 0.717) is 11.1 Å². The van der Waals surface area contributed by atoms with Gasteiger partial charge >= 0.3 is 17.1 Å². The molecule has 0 atom stereocenters. The summed E-state index contributed by atoms with van der Waals surface area (Å²) < 4.78 is 61.5. The first-order valence-electron chi connectivity index (χ1n) is 6.11. The number of benzene rings is 2. The van der Waals surface area contributed by atoms with E-state index in [1.54, 1.807) is 60.7 Å². The monoisotopic (exact) mass is 405 g/mol. The van der Waals surface area contributed by atoms with Gasteiger partial charge in [-0.3, -0.25) is 0 Å². The Morgan fingerprint density at radius 1 is 0.609 bits per heavy atom. The van der Waals surface area contributed by atoms with E-state index in [2.05, 4.69) is 0 Å². The standard InChI is InChI=1S/2C7H8O3S.Cu/c2*8-11(9,10)6-7-4-2-1-3-5-7;/h2*1-5H,6H2,(H,8,9,10);/q;;+2/p-2. The van der Waals surface area contributed by atoms with E-state index in [0.717, 1.165) is 0 Å². The molecule has 0 aromatic heterocycles. The zero-order chi connectivity index (χ0) is 16.6. The Bertz CT molecular complexity index is 705. The summed E-state index contributed by atoms with van der Waals surface area (Å²) in [5, 5.41) is 0. The number of hydrogen-bond donors (Lipinski definition) is 0. The molecule has 0 aliphatic rings. The molecule has 0 spiro atoms. The summed E-state index contributed by atoms with van der Waals surface area (Å²) in [7, 11) is -8.25. The van der Waals surface area contributed by atoms with Crippen molar-refractivity contribution in [2.45, 2.75) is 11.5 Å². The first-order chi connectivity index (χ1) is 10.2. The second-order valence-electron chi connectivity index (χ2n) is 4.38. The average Bonchev–Trinajstić information content (AvgIpc) is 2.38. The second-order valence-corrected chi connectivity index (χ2v) is 7.18. The topological polar surface area (TPSA) is 114 Å². The van der Waals surface area contributed by atoms with Gasteiger partial charge in [0.15, 0.2) is 0 Å². The van der Waals surface area contributed by atoms with Gasteiger partial charge in [0.25, 0.3) is 0 Å². The molecule has 129 valence electrons. The van der Waals surface area contributed by atoms with Crippen molar-refractivity contribution in [3.63, 3.8) is 0 Å². The van der Waals surface area contributed by atoms with Crippen LogP contribution in [0.4, 0.5) is 0 Å². The number of hydrogen-bond acceptors (Lipinski definition) is 6. The van der Waals surface area contributed by atoms with Gasteiger partial charge in [-0.05, 0) is 11.1 Å². The van der Waals surface area contributed by atoms with E-state index < -0.39 is 31.7 Å². The van der Waals surface area contributed by atoms with Crippen molar-refractivity contribution in [3.8, 4) is 0 Å². The summed E-state index contributed by atoms with van der Waals surface area (Å²) in [6, 6.07) is 16.7. The van der Waals surface area contributed by atoms with Gasteiger partial charge in [-0.2, -0.15) is 0 Å². The fourth-order valence-corrected chi connectivity index (χ4v) is 2.76. The molecule has 0 aliphatic carbocycles. The third-order valence-electron chi connectivity index (χ3n) is 2.37. The van der Waals surface area contributed by atoms with Gasteiger partial charge in [0.2, 0.25) is 0 Å². The van der Waals surface area contributed by atoms with E-state index in [4.69, 9.17) is 0 Å². The van der Waals surface area contributed by atoms with Crippen LogP contribution < -0.4 is 0 Å². The van der Waals surface area contributed by atoms with Crippen LogP contribution in [-0.2, 0) is 48.8 Å². The summed E-state index contributed by atoms with van der Waals surface area (Å²) in [5.41, 5.74) is 1.06. The average molecular weight is 406 g/mol. The van der Waals surface area contributed by atoms with Crippen LogP contribution in [0.2, 0.25) is 0 Å². The van der Waals surface area contributed by atoms with Crippen LogP contribution in [0.3, 0.4) is 0 Å². The van der Waals surface area contributed by atoms with Crippen LogP contribution >= 0.6 is 0 Å². The van der Waals surface area contributed by atoms with Gasteiger partial charge in [-0.1, -0.05) is 60.7 Å². The maximum atomic E-state index is 10.2. The Morgan fingerprint density at radius 2 is 0.870 bits per heavy atom. The molecule has 0 heterocycles. The van der Waals surface area contributed by atoms with Gasteiger partial charge in [-0.25, -0.2) is 16.8 Å². The maximum Gasteiger partial charge on any atom is 2.00 e. The van der Waals surface area contributed by atoms with Crippen LogP contribution in [0, 0.1) is 0 Å². The maximum absolute atomic E-state index is 10.2. The van der Waals surface area contributed by atoms with E-state index in [9.17, 15) is 25.9 Å². The quantitative estimate of drug-likeness (QED) is 0.561. The van der Waals surface area contributed by atoms with Crippen molar-refractivity contribution in [1.82, 2.24) is 0 Å². The zero-order valence-corrected chi connectivity index (χ0v) is 14.3. The fourth-order valence-electron chi connectivity index (χ4n) is 1.56. The minimum absolute atomic E-state index is 0. The SMILES string of the molecule is O=S(=O)([O-])Cc1ccccc1.O=S(=O)([O-])Cc1ccccc1.[Cu+2]. The first kappa shape index (κ1) is 21.8. The summed E-state index contributed by atoms with van der Waals surface area (Å²) in [4.78, 5) is 0. The molecule has 0 saturated carbocycles. The molecule has 0 bridgehead atoms. The molecule has 2 aromatic carbocycles. The molecule has 6 nitrogen and oxygen atoms in total. The zero-order valence-electron chi connectivity index (χ0n) is 11.8. The molecule has 0 saturated heterocycles. The molecule has 23 heavy (non-hydrogen) atoms. The minimum atomic E-state index is -4.13. The Balaban J connectivity index is 0.000000403. The third-order valence-corrected chi connectivity index (χ3v) is 3.75. The predicted molar refractivity (Wildman–Crippen MR) is 79.7 cm³/mol. The molecule has 0 N–H and O–H groups in total. The van der Waals surface area contributed by atoms with E-state index in [1.165, 1.54) is 0 Å². The van der Waals surface area contributed by atoms with Crippen molar-refractivity contribution >= 4 is 20.2 Å². The summed E-state index contributed by atoms with van der Waals surface area (Å²) in [6.45, 7) is 0. The fraction of sp³-hybridized carbons (Fsp3) is 0.143. The predicted octanol–water partition coefficient (Wildman–Crippen LogP) is 1.46. The normalized spacial score (nSPS) is 10.9. The minimum Gasteiger partial charge on any atom is -0.748 e. The molecular weight excluding hydrogens is 392 g/mol. The van der Waals surface area contributed by atoms with Crippen molar-refractivity contribution < 1.29 is 43.0 Å². The molecule has 0 aliphatic heterocycles. The van der Waals surface area contributed by atoms with Gasteiger partial charge in [-0.15, -0.1) is 0 Å². The van der Waals surface area contributed by atoms with E-state index in [1.807, 2.05) is 0 Å². The van der Waals surface area contributed by atoms with Gasteiger partial charge in [0.05, 0.1) is 31.7 Å². The first-order valence-corrected chi connectivity index (χ1v) is 9.26. The van der Waals surface area contributed by atoms with Crippen molar-refractivity contribution in [2.75, 3.05) is 0 Å². The Morgan fingerprint density at radius 3 is 1.09 bits per heavy atom. The summed E-state index contributed by atoms with van der Waals surface area (Å²) in [6.07, 6.45) is 0. The van der Waals surface area contributed by atoms with E-state index >= 15 is 0 Å². The Kier molecular flexibility index (Phi) is 9.29. The van der Waals surface area contributed by atoms with Crippen molar-refractivity contribution in [3.05, 3.63) is 71.8 Å². The van der Waals surface area contributed by atoms with Crippen molar-refractivity contribution in [1.29, 1.82) is 0 Å². The van der Waals surface area contributed by atoms with Gasteiger partial charge in [0.1, 0.15) is 0 Å². The Hall–Kier alpha value is -1.22. The van der Waals surface area contributed by atoms with Crippen LogP contribution in [0.5, 0.6) is 0 Å². The molecule has 2 aromatic rings.